The molecule has 6 nitrogen and oxygen atoms in total. The minimum atomic E-state index is -0.0457. The van der Waals surface area contributed by atoms with Crippen LogP contribution in [0.25, 0.3) is 0 Å². The Labute approximate surface area is 171 Å². The van der Waals surface area contributed by atoms with Crippen LogP contribution in [0.2, 0.25) is 0 Å². The van der Waals surface area contributed by atoms with Crippen LogP contribution in [0.5, 0.6) is 0 Å². The van der Waals surface area contributed by atoms with E-state index in [1.165, 1.54) is 10.5 Å². The average Bonchev–Trinajstić information content (AvgIpc) is 2.67. The minimum Gasteiger partial charge on any atom is -0.353 e. The monoisotopic (exact) mass is 399 g/mol. The summed E-state index contributed by atoms with van der Waals surface area (Å²) in [6.45, 7) is 11.2. The van der Waals surface area contributed by atoms with Crippen LogP contribution in [0.3, 0.4) is 0 Å². The van der Waals surface area contributed by atoms with Gasteiger partial charge in [0.25, 0.3) is 0 Å². The summed E-state index contributed by atoms with van der Waals surface area (Å²) in [7, 11) is 0. The van der Waals surface area contributed by atoms with Gasteiger partial charge >= 0.3 is 6.03 Å². The number of amides is 2. The largest absolute Gasteiger partial charge is 0.353 e. The smallest absolute Gasteiger partial charge is 0.321 e. The van der Waals surface area contributed by atoms with Crippen LogP contribution < -0.4 is 10.2 Å². The zero-order chi connectivity index (χ0) is 20.3. The summed E-state index contributed by atoms with van der Waals surface area (Å²) >= 11 is 1.69. The third-order valence-corrected chi connectivity index (χ3v) is 5.76. The molecule has 28 heavy (non-hydrogen) atoms. The van der Waals surface area contributed by atoms with Crippen LogP contribution >= 0.6 is 11.8 Å². The van der Waals surface area contributed by atoms with Gasteiger partial charge in [-0.25, -0.2) is 14.8 Å². The lowest BCUT2D eigenvalue weighted by Gasteiger charge is -2.36. The SMILES string of the molecule is CSc1ccc(NC(=O)N2CCN(c3nc(C)nc(C)c3C(C)C)CC2)cc1. The van der Waals surface area contributed by atoms with Crippen LogP contribution in [-0.2, 0) is 0 Å². The zero-order valence-corrected chi connectivity index (χ0v) is 18.1. The van der Waals surface area contributed by atoms with E-state index in [9.17, 15) is 4.79 Å². The van der Waals surface area contributed by atoms with Crippen LogP contribution in [-0.4, -0.2) is 53.3 Å². The molecule has 150 valence electrons. The van der Waals surface area contributed by atoms with E-state index < -0.39 is 0 Å². The first kappa shape index (κ1) is 20.5. The molecule has 3 rings (SSSR count). The normalized spacial score (nSPS) is 14.5. The van der Waals surface area contributed by atoms with Gasteiger partial charge in [0.05, 0.1) is 0 Å². The Morgan fingerprint density at radius 3 is 2.29 bits per heavy atom. The number of carbonyl (C=O) groups excluding carboxylic acids is 1. The molecular weight excluding hydrogens is 370 g/mol. The molecule has 0 atom stereocenters. The summed E-state index contributed by atoms with van der Waals surface area (Å²) < 4.78 is 0. The van der Waals surface area contributed by atoms with Crippen molar-refractivity contribution in [3.63, 3.8) is 0 Å². The van der Waals surface area contributed by atoms with Gasteiger partial charge in [0.1, 0.15) is 11.6 Å². The number of thioether (sulfide) groups is 1. The fraction of sp³-hybridized carbons (Fsp3) is 0.476. The molecule has 1 saturated heterocycles. The van der Waals surface area contributed by atoms with E-state index in [1.54, 1.807) is 11.8 Å². The first-order chi connectivity index (χ1) is 13.4. The second-order valence-electron chi connectivity index (χ2n) is 7.38. The number of hydrogen-bond donors (Lipinski definition) is 1. The van der Waals surface area contributed by atoms with Gasteiger partial charge in [-0.3, -0.25) is 0 Å². The first-order valence-corrected chi connectivity index (χ1v) is 10.9. The first-order valence-electron chi connectivity index (χ1n) is 9.69. The van der Waals surface area contributed by atoms with E-state index in [1.807, 2.05) is 42.3 Å². The van der Waals surface area contributed by atoms with Crippen LogP contribution in [0.4, 0.5) is 16.3 Å². The van der Waals surface area contributed by atoms with Crippen molar-refractivity contribution in [2.24, 2.45) is 0 Å². The topological polar surface area (TPSA) is 61.4 Å². The number of hydrogen-bond acceptors (Lipinski definition) is 5. The van der Waals surface area contributed by atoms with Crippen molar-refractivity contribution in [1.29, 1.82) is 0 Å². The molecule has 0 bridgehead atoms. The van der Waals surface area contributed by atoms with Gasteiger partial charge in [0, 0.05) is 48.0 Å². The summed E-state index contributed by atoms with van der Waals surface area (Å²) in [4.78, 5) is 27.2. The van der Waals surface area contributed by atoms with Crippen molar-refractivity contribution in [1.82, 2.24) is 14.9 Å². The number of nitrogens with one attached hydrogen (secondary N) is 1. The molecule has 2 amide bonds. The maximum Gasteiger partial charge on any atom is 0.321 e. The predicted octanol–water partition coefficient (Wildman–Crippen LogP) is 4.29. The van der Waals surface area contributed by atoms with Crippen LogP contribution in [0, 0.1) is 13.8 Å². The van der Waals surface area contributed by atoms with Gasteiger partial charge < -0.3 is 15.1 Å². The zero-order valence-electron chi connectivity index (χ0n) is 17.3. The number of anilines is 2. The molecule has 2 heterocycles. The molecule has 1 N–H and O–H groups in total. The standard InChI is InChI=1S/C21H29N5OS/c1-14(2)19-15(3)22-16(4)23-20(19)25-10-12-26(13-11-25)21(27)24-17-6-8-18(28-5)9-7-17/h6-9,14H,10-13H2,1-5H3,(H,24,27). The van der Waals surface area contributed by atoms with Gasteiger partial charge in [0.15, 0.2) is 0 Å². The number of nitrogens with zero attached hydrogens (tertiary/aromatic N) is 4. The average molecular weight is 400 g/mol. The molecule has 2 aromatic rings. The predicted molar refractivity (Wildman–Crippen MR) is 117 cm³/mol. The van der Waals surface area contributed by atoms with Gasteiger partial charge in [-0.15, -0.1) is 11.8 Å². The number of urea groups is 1. The van der Waals surface area contributed by atoms with Crippen molar-refractivity contribution >= 4 is 29.3 Å². The highest BCUT2D eigenvalue weighted by Gasteiger charge is 2.25. The molecule has 1 aliphatic heterocycles. The number of aryl methyl sites for hydroxylation is 2. The summed E-state index contributed by atoms with van der Waals surface area (Å²) in [5, 5.41) is 3.00. The second kappa shape index (κ2) is 8.82. The molecule has 1 fully saturated rings. The Balaban J connectivity index is 1.65. The van der Waals surface area contributed by atoms with Gasteiger partial charge in [-0.05, 0) is 50.3 Å². The molecule has 0 radical (unpaired) electrons. The summed E-state index contributed by atoms with van der Waals surface area (Å²) in [5.74, 6) is 2.18. The lowest BCUT2D eigenvalue weighted by atomic mass is 10.0. The molecule has 0 saturated carbocycles. The highest BCUT2D eigenvalue weighted by atomic mass is 32.2. The quantitative estimate of drug-likeness (QED) is 0.777. The number of benzene rings is 1. The number of aromatic nitrogens is 2. The molecular formula is C21H29N5OS. The third kappa shape index (κ3) is 4.58. The highest BCUT2D eigenvalue weighted by Crippen LogP contribution is 2.29. The fourth-order valence-electron chi connectivity index (χ4n) is 3.62. The molecule has 1 aromatic heterocycles. The van der Waals surface area contributed by atoms with E-state index >= 15 is 0 Å². The van der Waals surface area contributed by atoms with Gasteiger partial charge in [0.2, 0.25) is 0 Å². The fourth-order valence-corrected chi connectivity index (χ4v) is 4.03. The number of rotatable bonds is 4. The van der Waals surface area contributed by atoms with Crippen molar-refractivity contribution in [2.45, 2.75) is 38.5 Å². The van der Waals surface area contributed by atoms with E-state index in [4.69, 9.17) is 4.98 Å². The second-order valence-corrected chi connectivity index (χ2v) is 8.26. The molecule has 1 aliphatic rings. The Morgan fingerprint density at radius 2 is 1.71 bits per heavy atom. The maximum atomic E-state index is 12.6. The summed E-state index contributed by atoms with van der Waals surface area (Å²) in [6, 6.07) is 7.88. The van der Waals surface area contributed by atoms with E-state index in [-0.39, 0.29) is 6.03 Å². The third-order valence-electron chi connectivity index (χ3n) is 5.01. The van der Waals surface area contributed by atoms with Crippen LogP contribution in [0.1, 0.15) is 36.8 Å². The van der Waals surface area contributed by atoms with E-state index in [0.717, 1.165) is 36.1 Å². The Hall–Kier alpha value is -2.28. The lowest BCUT2D eigenvalue weighted by Crippen LogP contribution is -2.50. The van der Waals surface area contributed by atoms with Gasteiger partial charge in [-0.2, -0.15) is 0 Å². The number of carbonyl (C=O) groups is 1. The molecule has 0 unspecified atom stereocenters. The van der Waals surface area contributed by atoms with E-state index in [0.29, 0.717) is 19.0 Å². The lowest BCUT2D eigenvalue weighted by molar-refractivity contribution is 0.208. The van der Waals surface area contributed by atoms with E-state index in [2.05, 4.69) is 36.0 Å². The number of piperazine rings is 1. The molecule has 0 aliphatic carbocycles. The summed E-state index contributed by atoms with van der Waals surface area (Å²) in [5.41, 5.74) is 3.08. The molecule has 0 spiro atoms. The van der Waals surface area contributed by atoms with Crippen molar-refractivity contribution in [2.75, 3.05) is 42.7 Å². The molecule has 7 heteroatoms. The Morgan fingerprint density at radius 1 is 1.07 bits per heavy atom. The summed E-state index contributed by atoms with van der Waals surface area (Å²) in [6.07, 6.45) is 2.04. The van der Waals surface area contributed by atoms with Crippen molar-refractivity contribution in [3.05, 3.63) is 41.3 Å². The van der Waals surface area contributed by atoms with Crippen molar-refractivity contribution < 1.29 is 4.79 Å². The highest BCUT2D eigenvalue weighted by molar-refractivity contribution is 7.98. The van der Waals surface area contributed by atoms with Crippen LogP contribution in [0.15, 0.2) is 29.2 Å². The molecule has 1 aromatic carbocycles. The Bertz CT molecular complexity index is 829. The Kier molecular flexibility index (Phi) is 6.44. The minimum absolute atomic E-state index is 0.0457. The maximum absolute atomic E-state index is 12.6. The van der Waals surface area contributed by atoms with Crippen molar-refractivity contribution in [3.8, 4) is 0 Å². The van der Waals surface area contributed by atoms with Gasteiger partial charge in [-0.1, -0.05) is 13.8 Å².